The Morgan fingerprint density at radius 2 is 2.26 bits per heavy atom. The predicted molar refractivity (Wildman–Crippen MR) is 78.0 cm³/mol. The molecule has 19 heavy (non-hydrogen) atoms. The lowest BCUT2D eigenvalue weighted by atomic mass is 10.1. The lowest BCUT2D eigenvalue weighted by molar-refractivity contribution is -0.122. The van der Waals surface area contributed by atoms with E-state index < -0.39 is 0 Å². The van der Waals surface area contributed by atoms with Crippen LogP contribution in [0.15, 0.2) is 24.3 Å². The zero-order valence-electron chi connectivity index (χ0n) is 11.1. The number of amides is 1. The summed E-state index contributed by atoms with van der Waals surface area (Å²) in [5.74, 6) is 0.994. The van der Waals surface area contributed by atoms with Gasteiger partial charge in [-0.3, -0.25) is 4.79 Å². The van der Waals surface area contributed by atoms with Crippen molar-refractivity contribution in [2.24, 2.45) is 0 Å². The summed E-state index contributed by atoms with van der Waals surface area (Å²) in [7, 11) is 1.67. The van der Waals surface area contributed by atoms with Crippen LogP contribution in [0, 0.1) is 0 Å². The maximum Gasteiger partial charge on any atom is 0.237 e. The fraction of sp³-hybridized carbons (Fsp3) is 0.500. The Bertz CT molecular complexity index is 406. The van der Waals surface area contributed by atoms with Gasteiger partial charge in [-0.15, -0.1) is 12.4 Å². The molecule has 106 valence electrons. The third-order valence-electron chi connectivity index (χ3n) is 3.26. The quantitative estimate of drug-likeness (QED) is 0.862. The van der Waals surface area contributed by atoms with Crippen LogP contribution in [0.25, 0.3) is 0 Å². The van der Waals surface area contributed by atoms with Gasteiger partial charge >= 0.3 is 0 Å². The Kier molecular flexibility index (Phi) is 6.67. The van der Waals surface area contributed by atoms with Crippen LogP contribution in [0.5, 0.6) is 5.75 Å². The van der Waals surface area contributed by atoms with Gasteiger partial charge < -0.3 is 15.4 Å². The second kappa shape index (κ2) is 8.02. The van der Waals surface area contributed by atoms with Crippen molar-refractivity contribution in [2.75, 3.05) is 20.2 Å². The smallest absolute Gasteiger partial charge is 0.237 e. The summed E-state index contributed by atoms with van der Waals surface area (Å²) in [5.41, 5.74) is 1.12. The first kappa shape index (κ1) is 15.8. The van der Waals surface area contributed by atoms with Gasteiger partial charge in [0.2, 0.25) is 5.91 Å². The Morgan fingerprint density at radius 1 is 1.47 bits per heavy atom. The maximum atomic E-state index is 11.8. The summed E-state index contributed by atoms with van der Waals surface area (Å²) in [6, 6.07) is 7.90. The molecule has 1 fully saturated rings. The normalized spacial score (nSPS) is 17.6. The van der Waals surface area contributed by atoms with Crippen LogP contribution < -0.4 is 15.4 Å². The van der Waals surface area contributed by atoms with E-state index in [0.717, 1.165) is 37.1 Å². The van der Waals surface area contributed by atoms with Crippen LogP contribution in [0.2, 0.25) is 0 Å². The molecule has 1 aliphatic rings. The molecule has 0 aliphatic carbocycles. The lowest BCUT2D eigenvalue weighted by Crippen LogP contribution is -2.41. The van der Waals surface area contributed by atoms with Crippen molar-refractivity contribution in [3.63, 3.8) is 0 Å². The number of carbonyl (C=O) groups is 1. The summed E-state index contributed by atoms with van der Waals surface area (Å²) in [4.78, 5) is 11.8. The maximum absolute atomic E-state index is 11.8. The predicted octanol–water partition coefficient (Wildman–Crippen LogP) is 1.53. The number of carbonyl (C=O) groups excluding carboxylic acids is 1. The van der Waals surface area contributed by atoms with E-state index in [9.17, 15) is 4.79 Å². The van der Waals surface area contributed by atoms with E-state index in [4.69, 9.17) is 4.74 Å². The molecule has 0 aromatic heterocycles. The first-order chi connectivity index (χ1) is 8.81. The van der Waals surface area contributed by atoms with Gasteiger partial charge in [-0.2, -0.15) is 0 Å². The number of methoxy groups -OCH3 is 1. The zero-order chi connectivity index (χ0) is 12.8. The van der Waals surface area contributed by atoms with Crippen LogP contribution in [0.1, 0.15) is 18.4 Å². The molecule has 2 rings (SSSR count). The van der Waals surface area contributed by atoms with Crippen LogP contribution in [0.3, 0.4) is 0 Å². The van der Waals surface area contributed by atoms with Crippen LogP contribution in [-0.4, -0.2) is 32.1 Å². The highest BCUT2D eigenvalue weighted by Gasteiger charge is 2.21. The van der Waals surface area contributed by atoms with Gasteiger partial charge in [0.1, 0.15) is 5.75 Å². The second-order valence-corrected chi connectivity index (χ2v) is 4.50. The average Bonchev–Trinajstić information content (AvgIpc) is 2.93. The summed E-state index contributed by atoms with van der Waals surface area (Å²) in [6.45, 7) is 1.60. The Hall–Kier alpha value is -1.26. The van der Waals surface area contributed by atoms with Gasteiger partial charge in [0.15, 0.2) is 0 Å². The highest BCUT2D eigenvalue weighted by atomic mass is 35.5. The minimum Gasteiger partial charge on any atom is -0.496 e. The van der Waals surface area contributed by atoms with Gasteiger partial charge in [-0.1, -0.05) is 18.2 Å². The molecule has 0 spiro atoms. The van der Waals surface area contributed by atoms with Crippen molar-refractivity contribution in [1.29, 1.82) is 0 Å². The molecule has 1 aliphatic heterocycles. The van der Waals surface area contributed by atoms with Crippen molar-refractivity contribution in [3.05, 3.63) is 29.8 Å². The fourth-order valence-corrected chi connectivity index (χ4v) is 2.26. The zero-order valence-corrected chi connectivity index (χ0v) is 12.0. The highest BCUT2D eigenvalue weighted by Crippen LogP contribution is 2.17. The third-order valence-corrected chi connectivity index (χ3v) is 3.26. The highest BCUT2D eigenvalue weighted by molar-refractivity contribution is 5.85. The van der Waals surface area contributed by atoms with E-state index in [1.165, 1.54) is 0 Å². The molecule has 5 heteroatoms. The summed E-state index contributed by atoms with van der Waals surface area (Å²) in [6.07, 6.45) is 2.83. The average molecular weight is 285 g/mol. The van der Waals surface area contributed by atoms with Crippen LogP contribution in [-0.2, 0) is 11.2 Å². The van der Waals surface area contributed by atoms with Gasteiger partial charge in [-0.25, -0.2) is 0 Å². The second-order valence-electron chi connectivity index (χ2n) is 4.50. The Balaban J connectivity index is 0.00000180. The summed E-state index contributed by atoms with van der Waals surface area (Å²) < 4.78 is 5.28. The first-order valence-corrected chi connectivity index (χ1v) is 6.44. The molecular weight excluding hydrogens is 264 g/mol. The Morgan fingerprint density at radius 3 is 2.95 bits per heavy atom. The summed E-state index contributed by atoms with van der Waals surface area (Å²) >= 11 is 0. The van der Waals surface area contributed by atoms with E-state index in [-0.39, 0.29) is 24.4 Å². The number of halogens is 1. The number of benzene rings is 1. The van der Waals surface area contributed by atoms with Crippen LogP contribution >= 0.6 is 12.4 Å². The molecule has 1 unspecified atom stereocenters. The van der Waals surface area contributed by atoms with E-state index >= 15 is 0 Å². The van der Waals surface area contributed by atoms with Gasteiger partial charge in [-0.05, 0) is 37.4 Å². The third kappa shape index (κ3) is 4.40. The molecule has 1 aromatic carbocycles. The molecule has 4 nitrogen and oxygen atoms in total. The number of para-hydroxylation sites is 1. The number of ether oxygens (including phenoxy) is 1. The minimum absolute atomic E-state index is 0. The van der Waals surface area contributed by atoms with Crippen molar-refractivity contribution in [2.45, 2.75) is 25.3 Å². The number of nitrogens with one attached hydrogen (secondary N) is 2. The first-order valence-electron chi connectivity index (χ1n) is 6.44. The molecule has 1 saturated heterocycles. The van der Waals surface area contributed by atoms with Crippen molar-refractivity contribution < 1.29 is 9.53 Å². The molecule has 1 heterocycles. The SMILES string of the molecule is COc1ccccc1CCNC(=O)C1CCCN1.Cl. The number of rotatable bonds is 5. The van der Waals surface area contributed by atoms with Crippen molar-refractivity contribution in [3.8, 4) is 5.75 Å². The van der Waals surface area contributed by atoms with E-state index in [2.05, 4.69) is 10.6 Å². The molecule has 1 atom stereocenters. The number of hydrogen-bond donors (Lipinski definition) is 2. The lowest BCUT2D eigenvalue weighted by Gasteiger charge is -2.12. The van der Waals surface area contributed by atoms with Crippen molar-refractivity contribution in [1.82, 2.24) is 10.6 Å². The molecule has 2 N–H and O–H groups in total. The monoisotopic (exact) mass is 284 g/mol. The largest absolute Gasteiger partial charge is 0.496 e. The summed E-state index contributed by atoms with van der Waals surface area (Å²) in [5, 5.41) is 6.16. The van der Waals surface area contributed by atoms with Crippen molar-refractivity contribution >= 4 is 18.3 Å². The molecule has 0 bridgehead atoms. The van der Waals surface area contributed by atoms with Gasteiger partial charge in [0, 0.05) is 6.54 Å². The van der Waals surface area contributed by atoms with Gasteiger partial charge in [0.05, 0.1) is 13.2 Å². The molecule has 1 amide bonds. The van der Waals surface area contributed by atoms with E-state index in [0.29, 0.717) is 6.54 Å². The topological polar surface area (TPSA) is 50.4 Å². The standard InChI is InChI=1S/C14H20N2O2.ClH/c1-18-13-7-3-2-5-11(13)8-10-16-14(17)12-6-4-9-15-12;/h2-3,5,7,12,15H,4,6,8-10H2,1H3,(H,16,17);1H. The fourth-order valence-electron chi connectivity index (χ4n) is 2.26. The van der Waals surface area contributed by atoms with Crippen LogP contribution in [0.4, 0.5) is 0 Å². The van der Waals surface area contributed by atoms with E-state index in [1.54, 1.807) is 7.11 Å². The van der Waals surface area contributed by atoms with Gasteiger partial charge in [0.25, 0.3) is 0 Å². The molecule has 0 radical (unpaired) electrons. The van der Waals surface area contributed by atoms with E-state index in [1.807, 2.05) is 24.3 Å². The molecule has 0 saturated carbocycles. The Labute approximate surface area is 120 Å². The minimum atomic E-state index is 0. The number of hydrogen-bond acceptors (Lipinski definition) is 3. The molecular formula is C14H21ClN2O2. The molecule has 1 aromatic rings.